The topological polar surface area (TPSA) is 120 Å². The van der Waals surface area contributed by atoms with E-state index in [1.165, 1.54) is 0 Å². The van der Waals surface area contributed by atoms with Crippen LogP contribution in [-0.2, 0) is 4.74 Å². The second-order valence-electron chi connectivity index (χ2n) is 7.10. The van der Waals surface area contributed by atoms with Crippen molar-refractivity contribution in [3.05, 3.63) is 78.4 Å². The fraction of sp³-hybridized carbons (Fsp3) is 0.304. The second-order valence-corrected chi connectivity index (χ2v) is 7.10. The van der Waals surface area contributed by atoms with Crippen molar-refractivity contribution in [3.63, 3.8) is 0 Å². The summed E-state index contributed by atoms with van der Waals surface area (Å²) in [7, 11) is 0. The van der Waals surface area contributed by atoms with Crippen molar-refractivity contribution in [2.45, 2.75) is 36.6 Å². The van der Waals surface area contributed by atoms with Crippen LogP contribution >= 0.6 is 0 Å². The van der Waals surface area contributed by atoms with E-state index in [4.69, 9.17) is 9.47 Å². The number of hydrogen-bond donors (Lipinski definition) is 5. The molecule has 0 bridgehead atoms. The Hall–Kier alpha value is -2.68. The number of allylic oxidation sites excluding steroid dienone is 2. The number of phenolic OH excluding ortho intramolecular Hbond substituents is 1. The molecule has 0 aromatic heterocycles. The third-order valence-electron chi connectivity index (χ3n) is 5.01. The largest absolute Gasteiger partial charge is 0.508 e. The van der Waals surface area contributed by atoms with Crippen molar-refractivity contribution in [1.29, 1.82) is 0 Å². The number of aliphatic hydroxyl groups is 4. The maximum atomic E-state index is 10.1. The van der Waals surface area contributed by atoms with Gasteiger partial charge in [-0.1, -0.05) is 42.5 Å². The van der Waals surface area contributed by atoms with Gasteiger partial charge < -0.3 is 35.0 Å². The molecule has 0 radical (unpaired) electrons. The van der Waals surface area contributed by atoms with Gasteiger partial charge in [0.25, 0.3) is 0 Å². The van der Waals surface area contributed by atoms with Crippen molar-refractivity contribution in [3.8, 4) is 11.5 Å². The lowest BCUT2D eigenvalue weighted by molar-refractivity contribution is -0.277. The van der Waals surface area contributed by atoms with E-state index in [1.54, 1.807) is 30.3 Å². The monoisotopic (exact) mass is 414 g/mol. The molecular weight excluding hydrogens is 388 g/mol. The Morgan fingerprint density at radius 2 is 1.63 bits per heavy atom. The average Bonchev–Trinajstić information content (AvgIpc) is 2.76. The van der Waals surface area contributed by atoms with Crippen molar-refractivity contribution in [2.24, 2.45) is 0 Å². The van der Waals surface area contributed by atoms with Gasteiger partial charge in [0.2, 0.25) is 6.29 Å². The van der Waals surface area contributed by atoms with Crippen LogP contribution in [0.4, 0.5) is 0 Å². The van der Waals surface area contributed by atoms with Gasteiger partial charge in [0.15, 0.2) is 0 Å². The lowest BCUT2D eigenvalue weighted by Gasteiger charge is -2.39. The lowest BCUT2D eigenvalue weighted by atomic mass is 9.97. The van der Waals surface area contributed by atoms with Crippen molar-refractivity contribution < 1.29 is 35.0 Å². The Labute approximate surface area is 174 Å². The van der Waals surface area contributed by atoms with Gasteiger partial charge in [-0.2, -0.15) is 0 Å². The molecule has 1 heterocycles. The van der Waals surface area contributed by atoms with Crippen LogP contribution in [0.25, 0.3) is 6.08 Å². The number of hydrogen-bond acceptors (Lipinski definition) is 7. The maximum Gasteiger partial charge on any atom is 0.229 e. The van der Waals surface area contributed by atoms with Crippen LogP contribution in [0.15, 0.2) is 67.3 Å². The number of rotatable bonds is 7. The van der Waals surface area contributed by atoms with Gasteiger partial charge >= 0.3 is 0 Å². The molecule has 3 rings (SSSR count). The van der Waals surface area contributed by atoms with E-state index in [2.05, 4.69) is 6.58 Å². The average molecular weight is 414 g/mol. The highest BCUT2D eigenvalue weighted by atomic mass is 16.7. The maximum absolute atomic E-state index is 10.1. The smallest absolute Gasteiger partial charge is 0.229 e. The highest BCUT2D eigenvalue weighted by Gasteiger charge is 2.44. The first kappa shape index (κ1) is 22.0. The number of aromatic hydroxyl groups is 1. The number of benzene rings is 2. The zero-order valence-corrected chi connectivity index (χ0v) is 16.3. The molecule has 1 aliphatic heterocycles. The summed E-state index contributed by atoms with van der Waals surface area (Å²) < 4.78 is 11.0. The van der Waals surface area contributed by atoms with Gasteiger partial charge in [0.05, 0.1) is 6.61 Å². The Balaban J connectivity index is 1.67. The molecule has 2 aromatic carbocycles. The van der Waals surface area contributed by atoms with Crippen molar-refractivity contribution >= 4 is 6.08 Å². The molecule has 1 saturated heterocycles. The third kappa shape index (κ3) is 5.08. The summed E-state index contributed by atoms with van der Waals surface area (Å²) in [6, 6.07) is 13.9. The molecular formula is C23H26O7. The predicted octanol–water partition coefficient (Wildman–Crippen LogP) is 1.55. The molecule has 7 nitrogen and oxygen atoms in total. The van der Waals surface area contributed by atoms with E-state index in [1.807, 2.05) is 36.4 Å². The summed E-state index contributed by atoms with van der Waals surface area (Å²) in [5.41, 5.74) is 1.91. The molecule has 0 amide bonds. The molecule has 0 spiro atoms. The molecule has 1 aliphatic rings. The first-order chi connectivity index (χ1) is 14.4. The zero-order chi connectivity index (χ0) is 21.7. The van der Waals surface area contributed by atoms with E-state index in [0.717, 1.165) is 11.1 Å². The minimum Gasteiger partial charge on any atom is -0.508 e. The number of aliphatic hydroxyl groups excluding tert-OH is 4. The first-order valence-electron chi connectivity index (χ1n) is 9.60. The predicted molar refractivity (Wildman–Crippen MR) is 111 cm³/mol. The minimum absolute atomic E-state index is 0.0555. The molecule has 0 saturated carbocycles. The number of phenols is 1. The van der Waals surface area contributed by atoms with Crippen LogP contribution in [0.5, 0.6) is 11.5 Å². The Kier molecular flexibility index (Phi) is 7.25. The second kappa shape index (κ2) is 9.88. The Morgan fingerprint density at radius 1 is 0.967 bits per heavy atom. The van der Waals surface area contributed by atoms with Gasteiger partial charge in [-0.25, -0.2) is 0 Å². The summed E-state index contributed by atoms with van der Waals surface area (Å²) in [5.74, 6) is 0.552. The normalized spacial score (nSPS) is 27.7. The van der Waals surface area contributed by atoms with Crippen LogP contribution < -0.4 is 4.74 Å². The fourth-order valence-electron chi connectivity index (χ4n) is 3.19. The minimum atomic E-state index is -1.49. The van der Waals surface area contributed by atoms with Crippen molar-refractivity contribution in [1.82, 2.24) is 0 Å². The fourth-order valence-corrected chi connectivity index (χ4v) is 3.19. The SMILES string of the molecule is C=C[C@@H](C=Cc1ccc(O)cc1)c1ccc(O[C@@H]2O[C@H](CO)[C@@H](O)[C@@H](O)[C@H]2O)cc1. The highest BCUT2D eigenvalue weighted by molar-refractivity contribution is 5.53. The standard InChI is InChI=1S/C23H26O7/c1-2-15(6-3-14-4-9-17(25)10-5-14)16-7-11-18(12-8-16)29-23-22(28)21(27)20(26)19(13-24)30-23/h2-12,15,19-28H,1,13H2/t15-,19+,20+,21+,22+,23+/m0/s1. The van der Waals surface area contributed by atoms with Crippen LogP contribution in [0.3, 0.4) is 0 Å². The van der Waals surface area contributed by atoms with Gasteiger partial charge in [0.1, 0.15) is 35.9 Å². The van der Waals surface area contributed by atoms with Crippen LogP contribution in [0, 0.1) is 0 Å². The van der Waals surface area contributed by atoms with Gasteiger partial charge in [-0.15, -0.1) is 6.58 Å². The molecule has 1 fully saturated rings. The van der Waals surface area contributed by atoms with Gasteiger partial charge in [0, 0.05) is 5.92 Å². The summed E-state index contributed by atoms with van der Waals surface area (Å²) in [6.07, 6.45) is -0.923. The lowest BCUT2D eigenvalue weighted by Crippen LogP contribution is -2.60. The van der Waals surface area contributed by atoms with Crippen LogP contribution in [0.2, 0.25) is 0 Å². The van der Waals surface area contributed by atoms with Crippen LogP contribution in [0.1, 0.15) is 17.0 Å². The van der Waals surface area contributed by atoms with E-state index in [9.17, 15) is 25.5 Å². The van der Waals surface area contributed by atoms with E-state index >= 15 is 0 Å². The zero-order valence-electron chi connectivity index (χ0n) is 16.3. The molecule has 0 unspecified atom stereocenters. The van der Waals surface area contributed by atoms with Gasteiger partial charge in [-0.3, -0.25) is 0 Å². The highest BCUT2D eigenvalue weighted by Crippen LogP contribution is 2.27. The molecule has 6 atom stereocenters. The summed E-state index contributed by atoms with van der Waals surface area (Å²) in [4.78, 5) is 0. The van der Waals surface area contributed by atoms with E-state index in [-0.39, 0.29) is 11.7 Å². The van der Waals surface area contributed by atoms with E-state index < -0.39 is 37.3 Å². The summed E-state index contributed by atoms with van der Waals surface area (Å²) >= 11 is 0. The van der Waals surface area contributed by atoms with Crippen LogP contribution in [-0.4, -0.2) is 62.8 Å². The van der Waals surface area contributed by atoms with E-state index in [0.29, 0.717) is 5.75 Å². The summed E-state index contributed by atoms with van der Waals surface area (Å²) in [5, 5.41) is 48.4. The molecule has 7 heteroatoms. The molecule has 5 N–H and O–H groups in total. The first-order valence-corrected chi connectivity index (χ1v) is 9.60. The Morgan fingerprint density at radius 3 is 2.23 bits per heavy atom. The van der Waals surface area contributed by atoms with Gasteiger partial charge in [-0.05, 0) is 35.4 Å². The third-order valence-corrected chi connectivity index (χ3v) is 5.01. The molecule has 2 aromatic rings. The number of ether oxygens (including phenoxy) is 2. The molecule has 160 valence electrons. The molecule has 0 aliphatic carbocycles. The molecule has 30 heavy (non-hydrogen) atoms. The summed E-state index contributed by atoms with van der Waals surface area (Å²) in [6.45, 7) is 3.36. The Bertz CT molecular complexity index is 845. The quantitative estimate of drug-likeness (QED) is 0.436. The van der Waals surface area contributed by atoms with Crippen molar-refractivity contribution in [2.75, 3.05) is 6.61 Å².